The SMILES string of the molecule is CN/C=C\C(=N)CN. The van der Waals surface area contributed by atoms with Crippen LogP contribution in [-0.4, -0.2) is 19.3 Å². The van der Waals surface area contributed by atoms with Crippen LogP contribution in [0, 0.1) is 5.41 Å². The van der Waals surface area contributed by atoms with Gasteiger partial charge in [0.05, 0.1) is 0 Å². The second-order valence-corrected chi connectivity index (χ2v) is 1.35. The monoisotopic (exact) mass is 113 g/mol. The van der Waals surface area contributed by atoms with E-state index < -0.39 is 0 Å². The molecule has 0 saturated heterocycles. The third-order valence-electron chi connectivity index (χ3n) is 0.671. The van der Waals surface area contributed by atoms with Crippen LogP contribution < -0.4 is 11.1 Å². The van der Waals surface area contributed by atoms with Gasteiger partial charge in [0.25, 0.3) is 0 Å². The topological polar surface area (TPSA) is 61.9 Å². The zero-order chi connectivity index (χ0) is 6.41. The van der Waals surface area contributed by atoms with Crippen LogP contribution in [0.25, 0.3) is 0 Å². The molecule has 0 aliphatic rings. The highest BCUT2D eigenvalue weighted by Crippen LogP contribution is 1.68. The van der Waals surface area contributed by atoms with E-state index in [1.165, 1.54) is 0 Å². The number of rotatable bonds is 3. The fourth-order valence-electron chi connectivity index (χ4n) is 0.252. The second-order valence-electron chi connectivity index (χ2n) is 1.35. The van der Waals surface area contributed by atoms with E-state index in [1.54, 1.807) is 19.3 Å². The van der Waals surface area contributed by atoms with E-state index in [-0.39, 0.29) is 0 Å². The van der Waals surface area contributed by atoms with Gasteiger partial charge in [-0.05, 0) is 12.3 Å². The number of hydrogen-bond donors (Lipinski definition) is 3. The fraction of sp³-hybridized carbons (Fsp3) is 0.400. The largest absolute Gasteiger partial charge is 0.394 e. The van der Waals surface area contributed by atoms with E-state index in [4.69, 9.17) is 11.1 Å². The van der Waals surface area contributed by atoms with Crippen molar-refractivity contribution < 1.29 is 0 Å². The predicted molar refractivity (Wildman–Crippen MR) is 35.0 cm³/mol. The molecule has 0 saturated carbocycles. The zero-order valence-corrected chi connectivity index (χ0v) is 4.94. The van der Waals surface area contributed by atoms with Crippen molar-refractivity contribution in [1.29, 1.82) is 5.41 Å². The van der Waals surface area contributed by atoms with Crippen molar-refractivity contribution in [3.63, 3.8) is 0 Å². The quantitative estimate of drug-likeness (QED) is 0.440. The van der Waals surface area contributed by atoms with Gasteiger partial charge in [0, 0.05) is 19.3 Å². The molecular formula is C5H11N3. The predicted octanol–water partition coefficient (Wildman–Crippen LogP) is -0.302. The van der Waals surface area contributed by atoms with E-state index in [0.29, 0.717) is 12.3 Å². The summed E-state index contributed by atoms with van der Waals surface area (Å²) in [6.07, 6.45) is 3.30. The molecule has 46 valence electrons. The lowest BCUT2D eigenvalue weighted by Crippen LogP contribution is -2.10. The molecule has 0 aliphatic heterocycles. The van der Waals surface area contributed by atoms with Crippen LogP contribution in [0.5, 0.6) is 0 Å². The van der Waals surface area contributed by atoms with Crippen LogP contribution >= 0.6 is 0 Å². The van der Waals surface area contributed by atoms with Gasteiger partial charge in [-0.2, -0.15) is 0 Å². The maximum Gasteiger partial charge on any atom is 0.0464 e. The summed E-state index contributed by atoms with van der Waals surface area (Å²) in [6.45, 7) is 0.304. The molecule has 0 rings (SSSR count). The Bertz CT molecular complexity index is 95.8. The first-order valence-corrected chi connectivity index (χ1v) is 2.42. The van der Waals surface area contributed by atoms with E-state index in [1.807, 2.05) is 0 Å². The minimum absolute atomic E-state index is 0.304. The molecule has 0 bridgehead atoms. The van der Waals surface area contributed by atoms with Crippen molar-refractivity contribution in [3.8, 4) is 0 Å². The first-order valence-electron chi connectivity index (χ1n) is 2.42. The molecule has 3 heteroatoms. The lowest BCUT2D eigenvalue weighted by molar-refractivity contribution is 1.10. The third-order valence-corrected chi connectivity index (χ3v) is 0.671. The molecule has 3 nitrogen and oxygen atoms in total. The summed E-state index contributed by atoms with van der Waals surface area (Å²) in [5.41, 5.74) is 5.54. The van der Waals surface area contributed by atoms with Crippen LogP contribution in [0.2, 0.25) is 0 Å². The van der Waals surface area contributed by atoms with Gasteiger partial charge < -0.3 is 16.5 Å². The van der Waals surface area contributed by atoms with Gasteiger partial charge >= 0.3 is 0 Å². The Kier molecular flexibility index (Phi) is 3.88. The maximum absolute atomic E-state index is 6.99. The Morgan fingerprint density at radius 1 is 1.88 bits per heavy atom. The average Bonchev–Trinajstić information content (AvgIpc) is 1.83. The molecule has 0 aromatic carbocycles. The van der Waals surface area contributed by atoms with Gasteiger partial charge in [0.2, 0.25) is 0 Å². The Balaban J connectivity index is 3.37. The van der Waals surface area contributed by atoms with E-state index in [0.717, 1.165) is 0 Å². The highest BCUT2D eigenvalue weighted by molar-refractivity contribution is 5.93. The van der Waals surface area contributed by atoms with Crippen molar-refractivity contribution in [2.24, 2.45) is 5.73 Å². The van der Waals surface area contributed by atoms with Crippen LogP contribution in [-0.2, 0) is 0 Å². The summed E-state index contributed by atoms with van der Waals surface area (Å²) in [5, 5.41) is 9.74. The third kappa shape index (κ3) is 3.36. The summed E-state index contributed by atoms with van der Waals surface area (Å²) >= 11 is 0. The smallest absolute Gasteiger partial charge is 0.0464 e. The molecule has 0 fully saturated rings. The Labute approximate surface area is 49.1 Å². The zero-order valence-electron chi connectivity index (χ0n) is 4.94. The Hall–Kier alpha value is -0.830. The van der Waals surface area contributed by atoms with E-state index >= 15 is 0 Å². The van der Waals surface area contributed by atoms with Gasteiger partial charge in [-0.1, -0.05) is 0 Å². The maximum atomic E-state index is 6.99. The van der Waals surface area contributed by atoms with Gasteiger partial charge in [0.1, 0.15) is 0 Å². The minimum atomic E-state index is 0.304. The molecule has 0 aromatic rings. The standard InChI is InChI=1S/C5H11N3/c1-8-3-2-5(7)4-6/h2-3,7-8H,4,6H2,1H3/b3-2-,7-5?. The second kappa shape index (κ2) is 4.33. The molecule has 8 heavy (non-hydrogen) atoms. The molecule has 0 unspecified atom stereocenters. The first-order chi connectivity index (χ1) is 3.81. The summed E-state index contributed by atoms with van der Waals surface area (Å²) in [4.78, 5) is 0. The molecule has 0 spiro atoms. The van der Waals surface area contributed by atoms with Gasteiger partial charge in [-0.3, -0.25) is 0 Å². The van der Waals surface area contributed by atoms with Crippen molar-refractivity contribution >= 4 is 5.71 Å². The number of hydrogen-bond acceptors (Lipinski definition) is 3. The van der Waals surface area contributed by atoms with Gasteiger partial charge in [-0.25, -0.2) is 0 Å². The molecular weight excluding hydrogens is 102 g/mol. The summed E-state index contributed by atoms with van der Waals surface area (Å²) in [6, 6.07) is 0. The molecule has 0 aromatic heterocycles. The highest BCUT2D eigenvalue weighted by Gasteiger charge is 1.79. The average molecular weight is 113 g/mol. The van der Waals surface area contributed by atoms with Crippen LogP contribution in [0.15, 0.2) is 12.3 Å². The normalized spacial score (nSPS) is 9.75. The highest BCUT2D eigenvalue weighted by atomic mass is 14.8. The Morgan fingerprint density at radius 2 is 2.50 bits per heavy atom. The molecule has 0 aliphatic carbocycles. The lowest BCUT2D eigenvalue weighted by atomic mass is 10.4. The summed E-state index contributed by atoms with van der Waals surface area (Å²) in [5.74, 6) is 0. The molecule has 0 atom stereocenters. The summed E-state index contributed by atoms with van der Waals surface area (Å²) in [7, 11) is 1.78. The van der Waals surface area contributed by atoms with E-state index in [2.05, 4.69) is 5.32 Å². The van der Waals surface area contributed by atoms with Crippen LogP contribution in [0.3, 0.4) is 0 Å². The lowest BCUT2D eigenvalue weighted by Gasteiger charge is -1.87. The Morgan fingerprint density at radius 3 is 2.88 bits per heavy atom. The molecule has 0 amide bonds. The van der Waals surface area contributed by atoms with E-state index in [9.17, 15) is 0 Å². The molecule has 0 radical (unpaired) electrons. The van der Waals surface area contributed by atoms with Crippen molar-refractivity contribution in [2.75, 3.05) is 13.6 Å². The number of nitrogens with two attached hydrogens (primary N) is 1. The fourth-order valence-corrected chi connectivity index (χ4v) is 0.252. The van der Waals surface area contributed by atoms with Crippen molar-refractivity contribution in [3.05, 3.63) is 12.3 Å². The van der Waals surface area contributed by atoms with Crippen molar-refractivity contribution in [2.45, 2.75) is 0 Å². The first kappa shape index (κ1) is 7.17. The van der Waals surface area contributed by atoms with Crippen LogP contribution in [0.4, 0.5) is 0 Å². The number of nitrogens with one attached hydrogen (secondary N) is 2. The van der Waals surface area contributed by atoms with Gasteiger partial charge in [0.15, 0.2) is 0 Å². The molecule has 0 heterocycles. The van der Waals surface area contributed by atoms with Crippen LogP contribution in [0.1, 0.15) is 0 Å². The van der Waals surface area contributed by atoms with Gasteiger partial charge in [-0.15, -0.1) is 0 Å². The molecule has 4 N–H and O–H groups in total. The van der Waals surface area contributed by atoms with Crippen molar-refractivity contribution in [1.82, 2.24) is 5.32 Å². The minimum Gasteiger partial charge on any atom is -0.394 e. The summed E-state index contributed by atoms with van der Waals surface area (Å²) < 4.78 is 0.